The number of ether oxygens (including phenoxy) is 2. The minimum absolute atomic E-state index is 0.433. The van der Waals surface area contributed by atoms with E-state index in [2.05, 4.69) is 10.3 Å². The second-order valence-electron chi connectivity index (χ2n) is 3.85. The number of pyridine rings is 1. The summed E-state index contributed by atoms with van der Waals surface area (Å²) in [6, 6.07) is 11.2. The maximum absolute atomic E-state index is 5.79. The molecule has 0 radical (unpaired) electrons. The van der Waals surface area contributed by atoms with E-state index in [0.717, 1.165) is 11.4 Å². The van der Waals surface area contributed by atoms with Crippen molar-refractivity contribution in [3.63, 3.8) is 0 Å². The summed E-state index contributed by atoms with van der Waals surface area (Å²) >= 11 is 0. The molecule has 3 N–H and O–H groups in total. The number of rotatable bonds is 5. The van der Waals surface area contributed by atoms with Gasteiger partial charge in [-0.2, -0.15) is 4.98 Å². The number of nitrogen functional groups attached to an aromatic ring is 1. The molecule has 0 saturated heterocycles. The van der Waals surface area contributed by atoms with E-state index in [1.807, 2.05) is 31.2 Å². The zero-order chi connectivity index (χ0) is 13.7. The summed E-state index contributed by atoms with van der Waals surface area (Å²) in [7, 11) is 1.63. The van der Waals surface area contributed by atoms with Gasteiger partial charge in [-0.05, 0) is 31.2 Å². The Hall–Kier alpha value is -2.43. The number of hydrogen-bond acceptors (Lipinski definition) is 5. The average Bonchev–Trinajstić information content (AvgIpc) is 2.43. The largest absolute Gasteiger partial charge is 0.495 e. The fourth-order valence-corrected chi connectivity index (χ4v) is 1.66. The molecule has 1 aromatic heterocycles. The molecule has 5 heteroatoms. The van der Waals surface area contributed by atoms with E-state index in [0.29, 0.717) is 24.0 Å². The molecule has 0 aliphatic rings. The van der Waals surface area contributed by atoms with Crippen LogP contribution in [-0.4, -0.2) is 18.7 Å². The van der Waals surface area contributed by atoms with E-state index in [1.54, 1.807) is 19.2 Å². The van der Waals surface area contributed by atoms with Crippen LogP contribution in [0.15, 0.2) is 36.4 Å². The first-order chi connectivity index (χ1) is 9.24. The van der Waals surface area contributed by atoms with Gasteiger partial charge in [0.05, 0.1) is 25.1 Å². The summed E-state index contributed by atoms with van der Waals surface area (Å²) in [6.07, 6.45) is 0. The van der Waals surface area contributed by atoms with Crippen molar-refractivity contribution in [2.24, 2.45) is 0 Å². The Balaban J connectivity index is 2.25. The fourth-order valence-electron chi connectivity index (χ4n) is 1.66. The molecular weight excluding hydrogens is 242 g/mol. The molecule has 0 amide bonds. The second kappa shape index (κ2) is 5.95. The molecule has 0 unspecified atom stereocenters. The van der Waals surface area contributed by atoms with Crippen molar-refractivity contribution in [2.75, 3.05) is 24.8 Å². The third-order valence-electron chi connectivity index (χ3n) is 2.54. The average molecular weight is 259 g/mol. The minimum atomic E-state index is 0.433. The highest BCUT2D eigenvalue weighted by molar-refractivity contribution is 5.65. The summed E-state index contributed by atoms with van der Waals surface area (Å²) in [5, 5.41) is 3.18. The summed E-state index contributed by atoms with van der Waals surface area (Å²) < 4.78 is 10.6. The van der Waals surface area contributed by atoms with Crippen LogP contribution >= 0.6 is 0 Å². The van der Waals surface area contributed by atoms with Crippen molar-refractivity contribution in [2.45, 2.75) is 6.92 Å². The molecule has 1 aromatic carbocycles. The molecule has 1 heterocycles. The van der Waals surface area contributed by atoms with E-state index in [9.17, 15) is 0 Å². The normalized spacial score (nSPS) is 10.0. The van der Waals surface area contributed by atoms with Crippen molar-refractivity contribution >= 4 is 17.2 Å². The van der Waals surface area contributed by atoms with Gasteiger partial charge in [-0.25, -0.2) is 0 Å². The monoisotopic (exact) mass is 259 g/mol. The molecule has 100 valence electrons. The number of nitrogens with one attached hydrogen (secondary N) is 1. The van der Waals surface area contributed by atoms with Gasteiger partial charge >= 0.3 is 0 Å². The molecule has 0 saturated carbocycles. The lowest BCUT2D eigenvalue weighted by atomic mass is 10.3. The van der Waals surface area contributed by atoms with Gasteiger partial charge in [-0.3, -0.25) is 0 Å². The predicted octanol–water partition coefficient (Wildman–Crippen LogP) is 2.81. The molecule has 0 bridgehead atoms. The third-order valence-corrected chi connectivity index (χ3v) is 2.54. The zero-order valence-electron chi connectivity index (χ0n) is 11.0. The molecule has 0 aliphatic carbocycles. The predicted molar refractivity (Wildman–Crippen MR) is 76.1 cm³/mol. The number of benzene rings is 1. The molecule has 0 fully saturated rings. The first-order valence-corrected chi connectivity index (χ1v) is 6.04. The molecule has 2 aromatic rings. The molecule has 5 nitrogen and oxygen atoms in total. The summed E-state index contributed by atoms with van der Waals surface area (Å²) in [5.74, 6) is 1.84. The molecule has 19 heavy (non-hydrogen) atoms. The fraction of sp³-hybridized carbons (Fsp3) is 0.214. The third kappa shape index (κ3) is 3.07. The van der Waals surface area contributed by atoms with Crippen LogP contribution in [0.3, 0.4) is 0 Å². The highest BCUT2D eigenvalue weighted by atomic mass is 16.5. The standard InChI is InChI=1S/C14H17N3O2/c1-3-19-14-10(15)8-9-13(17-14)16-11-6-4-5-7-12(11)18-2/h4-9H,3,15H2,1-2H3,(H,16,17). The highest BCUT2D eigenvalue weighted by Crippen LogP contribution is 2.28. The van der Waals surface area contributed by atoms with Gasteiger partial charge in [0.25, 0.3) is 0 Å². The zero-order valence-corrected chi connectivity index (χ0v) is 11.0. The maximum atomic E-state index is 5.79. The highest BCUT2D eigenvalue weighted by Gasteiger charge is 2.06. The van der Waals surface area contributed by atoms with Gasteiger partial charge in [0.1, 0.15) is 11.6 Å². The number of anilines is 3. The first kappa shape index (κ1) is 13.0. The van der Waals surface area contributed by atoms with Gasteiger partial charge in [-0.1, -0.05) is 12.1 Å². The van der Waals surface area contributed by atoms with Crippen molar-refractivity contribution in [1.29, 1.82) is 0 Å². The Bertz CT molecular complexity index is 558. The number of hydrogen-bond donors (Lipinski definition) is 2. The lowest BCUT2D eigenvalue weighted by Crippen LogP contribution is -2.02. The molecule has 2 rings (SSSR count). The Labute approximate surface area is 112 Å². The van der Waals surface area contributed by atoms with Crippen LogP contribution < -0.4 is 20.5 Å². The quantitative estimate of drug-likeness (QED) is 0.864. The topological polar surface area (TPSA) is 69.4 Å². The van der Waals surface area contributed by atoms with E-state index in [1.165, 1.54) is 0 Å². The number of nitrogens with zero attached hydrogens (tertiary/aromatic N) is 1. The van der Waals surface area contributed by atoms with Crippen LogP contribution in [0.2, 0.25) is 0 Å². The molecular formula is C14H17N3O2. The Morgan fingerprint density at radius 2 is 2.00 bits per heavy atom. The summed E-state index contributed by atoms with van der Waals surface area (Å²) in [5.41, 5.74) is 7.14. The number of methoxy groups -OCH3 is 1. The van der Waals surface area contributed by atoms with E-state index in [-0.39, 0.29) is 0 Å². The van der Waals surface area contributed by atoms with Crippen LogP contribution in [0, 0.1) is 0 Å². The maximum Gasteiger partial charge on any atom is 0.239 e. The van der Waals surface area contributed by atoms with Crippen LogP contribution in [0.25, 0.3) is 0 Å². The van der Waals surface area contributed by atoms with Gasteiger partial charge in [0.15, 0.2) is 0 Å². The Morgan fingerprint density at radius 1 is 1.21 bits per heavy atom. The van der Waals surface area contributed by atoms with Crippen LogP contribution in [0.1, 0.15) is 6.92 Å². The summed E-state index contributed by atoms with van der Waals surface area (Å²) in [6.45, 7) is 2.41. The smallest absolute Gasteiger partial charge is 0.239 e. The van der Waals surface area contributed by atoms with Crippen LogP contribution in [0.4, 0.5) is 17.2 Å². The van der Waals surface area contributed by atoms with Gasteiger partial charge < -0.3 is 20.5 Å². The summed E-state index contributed by atoms with van der Waals surface area (Å²) in [4.78, 5) is 4.32. The van der Waals surface area contributed by atoms with Gasteiger partial charge in [0, 0.05) is 0 Å². The van der Waals surface area contributed by atoms with Crippen molar-refractivity contribution in [3.8, 4) is 11.6 Å². The number of aromatic nitrogens is 1. The van der Waals surface area contributed by atoms with E-state index < -0.39 is 0 Å². The van der Waals surface area contributed by atoms with Crippen molar-refractivity contribution < 1.29 is 9.47 Å². The van der Waals surface area contributed by atoms with Crippen LogP contribution in [-0.2, 0) is 0 Å². The first-order valence-electron chi connectivity index (χ1n) is 6.04. The molecule has 0 atom stereocenters. The van der Waals surface area contributed by atoms with Gasteiger partial charge in [0.2, 0.25) is 5.88 Å². The van der Waals surface area contributed by atoms with Crippen LogP contribution in [0.5, 0.6) is 11.6 Å². The SMILES string of the molecule is CCOc1nc(Nc2ccccc2OC)ccc1N. The molecule has 0 spiro atoms. The number of para-hydroxylation sites is 2. The van der Waals surface area contributed by atoms with Crippen molar-refractivity contribution in [3.05, 3.63) is 36.4 Å². The lowest BCUT2D eigenvalue weighted by Gasteiger charge is -2.12. The van der Waals surface area contributed by atoms with Gasteiger partial charge in [-0.15, -0.1) is 0 Å². The lowest BCUT2D eigenvalue weighted by molar-refractivity contribution is 0.329. The number of nitrogens with two attached hydrogens (primary N) is 1. The molecule has 0 aliphatic heterocycles. The Kier molecular flexibility index (Phi) is 4.07. The van der Waals surface area contributed by atoms with Crippen molar-refractivity contribution in [1.82, 2.24) is 4.98 Å². The van der Waals surface area contributed by atoms with E-state index in [4.69, 9.17) is 15.2 Å². The van der Waals surface area contributed by atoms with E-state index >= 15 is 0 Å². The second-order valence-corrected chi connectivity index (χ2v) is 3.85. The minimum Gasteiger partial charge on any atom is -0.495 e. The Morgan fingerprint density at radius 3 is 2.74 bits per heavy atom.